The van der Waals surface area contributed by atoms with Crippen LogP contribution in [-0.2, 0) is 4.79 Å². The van der Waals surface area contributed by atoms with Crippen molar-refractivity contribution in [2.24, 2.45) is 22.7 Å². The van der Waals surface area contributed by atoms with Crippen LogP contribution in [0.1, 0.15) is 64.2 Å². The van der Waals surface area contributed by atoms with Crippen LogP contribution in [-0.4, -0.2) is 22.4 Å². The maximum Gasteiger partial charge on any atom is 0.239 e. The third-order valence-electron chi connectivity index (χ3n) is 6.03. The number of hydrogen-bond donors (Lipinski definition) is 1. The zero-order valence-corrected chi connectivity index (χ0v) is 13.5. The first-order valence-corrected chi connectivity index (χ1v) is 9.71. The summed E-state index contributed by atoms with van der Waals surface area (Å²) in [5.74, 6) is 2.71. The number of amides is 1. The molecule has 1 aliphatic heterocycles. The Morgan fingerprint density at radius 1 is 1.10 bits per heavy atom. The highest BCUT2D eigenvalue weighted by molar-refractivity contribution is 8.15. The Morgan fingerprint density at radius 2 is 1.95 bits per heavy atom. The number of hydrogen-bond acceptors (Lipinski definition) is 3. The lowest BCUT2D eigenvalue weighted by Gasteiger charge is -2.22. The first-order valence-electron chi connectivity index (χ1n) is 8.83. The van der Waals surface area contributed by atoms with Gasteiger partial charge in [0.05, 0.1) is 11.3 Å². The molecule has 4 heteroatoms. The van der Waals surface area contributed by atoms with Gasteiger partial charge >= 0.3 is 0 Å². The molecule has 3 aliphatic carbocycles. The van der Waals surface area contributed by atoms with Gasteiger partial charge in [0.2, 0.25) is 5.91 Å². The summed E-state index contributed by atoms with van der Waals surface area (Å²) in [6.45, 7) is 0. The molecule has 1 N–H and O–H groups in total. The fourth-order valence-electron chi connectivity index (χ4n) is 4.87. The van der Waals surface area contributed by atoms with Gasteiger partial charge in [-0.15, -0.1) is 0 Å². The first kappa shape index (κ1) is 14.1. The van der Waals surface area contributed by atoms with Crippen LogP contribution in [0.25, 0.3) is 0 Å². The van der Waals surface area contributed by atoms with Gasteiger partial charge in [-0.2, -0.15) is 0 Å². The minimum absolute atomic E-state index is 0.130. The van der Waals surface area contributed by atoms with Gasteiger partial charge < -0.3 is 5.32 Å². The van der Waals surface area contributed by atoms with E-state index in [4.69, 9.17) is 4.99 Å². The van der Waals surface area contributed by atoms with Crippen LogP contribution < -0.4 is 5.32 Å². The molecule has 1 heterocycles. The van der Waals surface area contributed by atoms with Gasteiger partial charge in [0.25, 0.3) is 0 Å². The van der Waals surface area contributed by atoms with Crippen molar-refractivity contribution in [3.8, 4) is 0 Å². The number of carbonyl (C=O) groups is 1. The molecule has 1 amide bonds. The van der Waals surface area contributed by atoms with Crippen LogP contribution in [0.5, 0.6) is 0 Å². The number of rotatable bonds is 3. The Morgan fingerprint density at radius 3 is 2.67 bits per heavy atom. The maximum absolute atomic E-state index is 12.2. The second-order valence-electron chi connectivity index (χ2n) is 7.51. The topological polar surface area (TPSA) is 41.5 Å². The highest BCUT2D eigenvalue weighted by Crippen LogP contribution is 2.46. The second kappa shape index (κ2) is 5.94. The van der Waals surface area contributed by atoms with Crippen LogP contribution in [0.3, 0.4) is 0 Å². The summed E-state index contributed by atoms with van der Waals surface area (Å²) < 4.78 is 0. The van der Waals surface area contributed by atoms with Crippen LogP contribution in [0.2, 0.25) is 0 Å². The van der Waals surface area contributed by atoms with Crippen molar-refractivity contribution >= 4 is 22.8 Å². The quantitative estimate of drug-likeness (QED) is 0.863. The van der Waals surface area contributed by atoms with E-state index in [1.54, 1.807) is 11.8 Å². The van der Waals surface area contributed by atoms with E-state index in [-0.39, 0.29) is 11.2 Å². The summed E-state index contributed by atoms with van der Waals surface area (Å²) >= 11 is 1.72. The fourth-order valence-corrected chi connectivity index (χ4v) is 6.03. The number of fused-ring (bicyclic) bond motifs is 2. The standard InChI is InChI=1S/C17H26N2OS/c20-16-15(10-11-4-2-1-3-5-11)21-17(19-16)18-14-9-12-6-7-13(14)8-12/h11-15H,1-10H2,(H,18,19,20)/t12-,13+,14+,15?/m1/s1. The lowest BCUT2D eigenvalue weighted by Crippen LogP contribution is -2.27. The SMILES string of the molecule is O=C1NC(=N[C@H]2C[C@@H]3CC[C@H]2C3)SC1CC1CCCCC1. The molecule has 0 aromatic carbocycles. The minimum Gasteiger partial charge on any atom is -0.304 e. The summed E-state index contributed by atoms with van der Waals surface area (Å²) in [5, 5.41) is 4.11. The Balaban J connectivity index is 1.35. The molecule has 1 unspecified atom stereocenters. The van der Waals surface area contributed by atoms with E-state index in [0.29, 0.717) is 6.04 Å². The van der Waals surface area contributed by atoms with Crippen molar-refractivity contribution in [1.29, 1.82) is 0 Å². The Bertz CT molecular complexity index is 444. The predicted molar refractivity (Wildman–Crippen MR) is 87.4 cm³/mol. The molecule has 4 fully saturated rings. The zero-order chi connectivity index (χ0) is 14.2. The number of thioether (sulfide) groups is 1. The highest BCUT2D eigenvalue weighted by Gasteiger charge is 2.41. The molecule has 0 radical (unpaired) electrons. The average molecular weight is 306 g/mol. The molecule has 21 heavy (non-hydrogen) atoms. The van der Waals surface area contributed by atoms with Crippen molar-refractivity contribution in [2.75, 3.05) is 0 Å². The molecule has 0 aromatic rings. The minimum atomic E-state index is 0.130. The third-order valence-corrected chi connectivity index (χ3v) is 7.15. The number of nitrogens with zero attached hydrogens (tertiary/aromatic N) is 1. The molecular weight excluding hydrogens is 280 g/mol. The number of nitrogens with one attached hydrogen (secondary N) is 1. The molecule has 0 spiro atoms. The monoisotopic (exact) mass is 306 g/mol. The van der Waals surface area contributed by atoms with Crippen LogP contribution in [0.15, 0.2) is 4.99 Å². The Hall–Kier alpha value is -0.510. The third kappa shape index (κ3) is 3.01. The summed E-state index contributed by atoms with van der Waals surface area (Å²) in [6, 6.07) is 0.500. The maximum atomic E-state index is 12.2. The number of carbonyl (C=O) groups excluding carboxylic acids is 1. The number of aliphatic imine (C=N–C) groups is 1. The highest BCUT2D eigenvalue weighted by atomic mass is 32.2. The molecular formula is C17H26N2OS. The smallest absolute Gasteiger partial charge is 0.239 e. The Labute approximate surface area is 131 Å². The molecule has 4 rings (SSSR count). The van der Waals surface area contributed by atoms with E-state index in [0.717, 1.165) is 29.3 Å². The zero-order valence-electron chi connectivity index (χ0n) is 12.7. The lowest BCUT2D eigenvalue weighted by atomic mass is 9.86. The normalized spacial score (nSPS) is 41.9. The lowest BCUT2D eigenvalue weighted by molar-refractivity contribution is -0.119. The summed E-state index contributed by atoms with van der Waals surface area (Å²) in [7, 11) is 0. The van der Waals surface area contributed by atoms with Crippen molar-refractivity contribution < 1.29 is 4.79 Å². The summed E-state index contributed by atoms with van der Waals surface area (Å²) in [4.78, 5) is 17.1. The van der Waals surface area contributed by atoms with Gasteiger partial charge in [-0.3, -0.25) is 9.79 Å². The molecule has 3 nitrogen and oxygen atoms in total. The molecule has 116 valence electrons. The molecule has 4 aliphatic rings. The summed E-state index contributed by atoms with van der Waals surface area (Å²) in [6.07, 6.45) is 13.2. The van der Waals surface area contributed by atoms with Crippen LogP contribution in [0.4, 0.5) is 0 Å². The van der Waals surface area contributed by atoms with E-state index in [1.807, 2.05) is 0 Å². The largest absolute Gasteiger partial charge is 0.304 e. The van der Waals surface area contributed by atoms with Gasteiger partial charge in [-0.1, -0.05) is 50.3 Å². The van der Waals surface area contributed by atoms with Crippen molar-refractivity contribution in [3.63, 3.8) is 0 Å². The van der Waals surface area contributed by atoms with E-state index >= 15 is 0 Å². The van der Waals surface area contributed by atoms with Crippen LogP contribution in [0, 0.1) is 17.8 Å². The summed E-state index contributed by atoms with van der Waals surface area (Å²) in [5.41, 5.74) is 0. The molecule has 1 saturated heterocycles. The number of amidine groups is 1. The van der Waals surface area contributed by atoms with Gasteiger partial charge in [0, 0.05) is 0 Å². The second-order valence-corrected chi connectivity index (χ2v) is 8.70. The van der Waals surface area contributed by atoms with E-state index < -0.39 is 0 Å². The van der Waals surface area contributed by atoms with E-state index in [9.17, 15) is 4.79 Å². The molecule has 3 saturated carbocycles. The van der Waals surface area contributed by atoms with Crippen molar-refractivity contribution in [3.05, 3.63) is 0 Å². The average Bonchev–Trinajstić information content (AvgIpc) is 3.17. The van der Waals surface area contributed by atoms with Crippen molar-refractivity contribution in [2.45, 2.75) is 75.5 Å². The molecule has 0 aromatic heterocycles. The van der Waals surface area contributed by atoms with Crippen molar-refractivity contribution in [1.82, 2.24) is 5.32 Å². The van der Waals surface area contributed by atoms with Gasteiger partial charge in [-0.05, 0) is 43.4 Å². The first-order chi connectivity index (χ1) is 10.3. The Kier molecular flexibility index (Phi) is 3.99. The van der Waals surface area contributed by atoms with E-state index in [1.165, 1.54) is 57.8 Å². The van der Waals surface area contributed by atoms with Crippen LogP contribution >= 0.6 is 11.8 Å². The van der Waals surface area contributed by atoms with E-state index in [2.05, 4.69) is 5.32 Å². The molecule has 2 bridgehead atoms. The predicted octanol–water partition coefficient (Wildman–Crippen LogP) is 3.73. The van der Waals surface area contributed by atoms with Gasteiger partial charge in [-0.25, -0.2) is 0 Å². The fraction of sp³-hybridized carbons (Fsp3) is 0.882. The molecule has 4 atom stereocenters. The van der Waals surface area contributed by atoms with Gasteiger partial charge in [0.15, 0.2) is 5.17 Å². The van der Waals surface area contributed by atoms with Gasteiger partial charge in [0.1, 0.15) is 0 Å².